The summed E-state index contributed by atoms with van der Waals surface area (Å²) in [5, 5.41) is 3.14. The highest BCUT2D eigenvalue weighted by molar-refractivity contribution is 7.10. The third kappa shape index (κ3) is 1.64. The number of hydrogen-bond donors (Lipinski definition) is 0. The Morgan fingerprint density at radius 1 is 1.67 bits per heavy atom. The van der Waals surface area contributed by atoms with Crippen molar-refractivity contribution in [2.45, 2.75) is 13.8 Å². The van der Waals surface area contributed by atoms with Crippen molar-refractivity contribution in [3.63, 3.8) is 0 Å². The van der Waals surface area contributed by atoms with Gasteiger partial charge in [0.2, 0.25) is 0 Å². The molecule has 0 atom stereocenters. The maximum absolute atomic E-state index is 4.23. The van der Waals surface area contributed by atoms with E-state index in [0.717, 1.165) is 10.7 Å². The molecule has 9 heavy (non-hydrogen) atoms. The van der Waals surface area contributed by atoms with Gasteiger partial charge in [-0.05, 0) is 19.9 Å². The molecule has 1 aromatic heterocycles. The predicted molar refractivity (Wildman–Crippen MR) is 41.6 cm³/mol. The van der Waals surface area contributed by atoms with E-state index >= 15 is 0 Å². The van der Waals surface area contributed by atoms with Gasteiger partial charge in [-0.3, -0.25) is 0 Å². The molecule has 0 aliphatic heterocycles. The van der Waals surface area contributed by atoms with Gasteiger partial charge in [0.25, 0.3) is 0 Å². The molecule has 2 heteroatoms. The first-order chi connectivity index (χ1) is 4.33. The van der Waals surface area contributed by atoms with Gasteiger partial charge in [0.1, 0.15) is 5.01 Å². The highest BCUT2D eigenvalue weighted by Crippen LogP contribution is 2.09. The van der Waals surface area contributed by atoms with Crippen LogP contribution in [0.2, 0.25) is 0 Å². The third-order valence-corrected chi connectivity index (χ3v) is 1.87. The lowest BCUT2D eigenvalue weighted by molar-refractivity contribution is 1.25. The third-order valence-electron chi connectivity index (χ3n) is 0.946. The topological polar surface area (TPSA) is 12.9 Å². The van der Waals surface area contributed by atoms with Crippen molar-refractivity contribution < 1.29 is 0 Å². The van der Waals surface area contributed by atoms with Gasteiger partial charge in [0, 0.05) is 11.1 Å². The molecular formula is C7H9NS. The van der Waals surface area contributed by atoms with Crippen molar-refractivity contribution in [1.29, 1.82) is 0 Å². The molecule has 0 spiro atoms. The molecule has 0 radical (unpaired) electrons. The van der Waals surface area contributed by atoms with E-state index in [-0.39, 0.29) is 0 Å². The van der Waals surface area contributed by atoms with Gasteiger partial charge in [-0.15, -0.1) is 11.3 Å². The number of allylic oxidation sites excluding steroid dienone is 1. The van der Waals surface area contributed by atoms with Crippen molar-refractivity contribution >= 4 is 17.4 Å². The zero-order valence-corrected chi connectivity index (χ0v) is 6.40. The Morgan fingerprint density at radius 2 is 2.44 bits per heavy atom. The van der Waals surface area contributed by atoms with Crippen molar-refractivity contribution in [3.05, 3.63) is 22.2 Å². The second kappa shape index (κ2) is 2.78. The minimum absolute atomic E-state index is 1.09. The van der Waals surface area contributed by atoms with Crippen molar-refractivity contribution in [3.8, 4) is 0 Å². The SMILES string of the molecule is CC=Cc1nc(C)cs1. The molecule has 0 saturated carbocycles. The van der Waals surface area contributed by atoms with Crippen molar-refractivity contribution in [2.24, 2.45) is 0 Å². The van der Waals surface area contributed by atoms with E-state index in [1.54, 1.807) is 11.3 Å². The molecule has 0 saturated heterocycles. The molecule has 48 valence electrons. The molecule has 1 nitrogen and oxygen atoms in total. The van der Waals surface area contributed by atoms with E-state index < -0.39 is 0 Å². The Bertz CT molecular complexity index is 212. The summed E-state index contributed by atoms with van der Waals surface area (Å²) in [6.07, 6.45) is 4.01. The van der Waals surface area contributed by atoms with Crippen LogP contribution in [-0.4, -0.2) is 4.98 Å². The largest absolute Gasteiger partial charge is 0.242 e. The maximum Gasteiger partial charge on any atom is 0.115 e. The lowest BCUT2D eigenvalue weighted by atomic mass is 10.5. The summed E-state index contributed by atoms with van der Waals surface area (Å²) in [4.78, 5) is 4.23. The molecule has 1 rings (SSSR count). The summed E-state index contributed by atoms with van der Waals surface area (Å²) >= 11 is 1.68. The molecule has 1 heterocycles. The Morgan fingerprint density at radius 3 is 2.89 bits per heavy atom. The fraction of sp³-hybridized carbons (Fsp3) is 0.286. The highest BCUT2D eigenvalue weighted by Gasteiger charge is 1.89. The van der Waals surface area contributed by atoms with Crippen molar-refractivity contribution in [1.82, 2.24) is 4.98 Å². The van der Waals surface area contributed by atoms with Gasteiger partial charge in [-0.1, -0.05) is 6.08 Å². The predicted octanol–water partition coefficient (Wildman–Crippen LogP) is 2.48. The number of rotatable bonds is 1. The van der Waals surface area contributed by atoms with Crippen LogP contribution >= 0.6 is 11.3 Å². The standard InChI is InChI=1S/C7H9NS/c1-3-4-7-8-6(2)5-9-7/h3-5H,1-2H3. The van der Waals surface area contributed by atoms with Crippen LogP contribution in [0, 0.1) is 6.92 Å². The summed E-state index contributed by atoms with van der Waals surface area (Å²) in [5.41, 5.74) is 1.10. The van der Waals surface area contributed by atoms with E-state index in [4.69, 9.17) is 0 Å². The zero-order chi connectivity index (χ0) is 6.69. The fourth-order valence-corrected chi connectivity index (χ4v) is 1.35. The smallest absolute Gasteiger partial charge is 0.115 e. The summed E-state index contributed by atoms with van der Waals surface area (Å²) < 4.78 is 0. The highest BCUT2D eigenvalue weighted by atomic mass is 32.1. The van der Waals surface area contributed by atoms with E-state index in [2.05, 4.69) is 10.4 Å². The van der Waals surface area contributed by atoms with Crippen LogP contribution in [0.25, 0.3) is 6.08 Å². The molecule has 1 aromatic rings. The Labute approximate surface area is 59.1 Å². The first kappa shape index (κ1) is 6.49. The lowest BCUT2D eigenvalue weighted by Gasteiger charge is -1.76. The minimum Gasteiger partial charge on any atom is -0.242 e. The molecule has 0 amide bonds. The molecule has 0 aromatic carbocycles. The normalized spacial score (nSPS) is 10.9. The Kier molecular flexibility index (Phi) is 2.01. The van der Waals surface area contributed by atoms with E-state index in [9.17, 15) is 0 Å². The molecule has 0 aliphatic rings. The average Bonchev–Trinajstić information content (AvgIpc) is 2.17. The first-order valence-corrected chi connectivity index (χ1v) is 3.75. The van der Waals surface area contributed by atoms with Gasteiger partial charge in [0.15, 0.2) is 0 Å². The van der Waals surface area contributed by atoms with E-state index in [1.165, 1.54) is 0 Å². The minimum atomic E-state index is 1.09. The van der Waals surface area contributed by atoms with Gasteiger partial charge in [0.05, 0.1) is 0 Å². The van der Waals surface area contributed by atoms with Crippen LogP contribution in [0.1, 0.15) is 17.6 Å². The molecule has 0 N–H and O–H groups in total. The molecule has 0 aliphatic carbocycles. The number of nitrogens with zero attached hydrogens (tertiary/aromatic N) is 1. The summed E-state index contributed by atoms with van der Waals surface area (Å²) in [6, 6.07) is 0. The van der Waals surface area contributed by atoms with Gasteiger partial charge in [-0.25, -0.2) is 4.98 Å². The van der Waals surface area contributed by atoms with Crippen LogP contribution in [0.4, 0.5) is 0 Å². The molecule has 0 fully saturated rings. The number of hydrogen-bond acceptors (Lipinski definition) is 2. The summed E-state index contributed by atoms with van der Waals surface area (Å²) in [6.45, 7) is 4.00. The number of thiazole rings is 1. The second-order valence-corrected chi connectivity index (χ2v) is 2.72. The second-order valence-electron chi connectivity index (χ2n) is 1.83. The van der Waals surface area contributed by atoms with Gasteiger partial charge in [-0.2, -0.15) is 0 Å². The summed E-state index contributed by atoms with van der Waals surface area (Å²) in [7, 11) is 0. The molecule has 0 bridgehead atoms. The van der Waals surface area contributed by atoms with E-state index in [1.807, 2.05) is 26.0 Å². The number of aryl methyl sites for hydroxylation is 1. The summed E-state index contributed by atoms with van der Waals surface area (Å²) in [5.74, 6) is 0. The Balaban J connectivity index is 2.85. The molecular weight excluding hydrogens is 130 g/mol. The van der Waals surface area contributed by atoms with Crippen LogP contribution in [-0.2, 0) is 0 Å². The van der Waals surface area contributed by atoms with Crippen molar-refractivity contribution in [2.75, 3.05) is 0 Å². The van der Waals surface area contributed by atoms with Gasteiger partial charge >= 0.3 is 0 Å². The van der Waals surface area contributed by atoms with Gasteiger partial charge < -0.3 is 0 Å². The lowest BCUT2D eigenvalue weighted by Crippen LogP contribution is -1.68. The first-order valence-electron chi connectivity index (χ1n) is 2.88. The fourth-order valence-electron chi connectivity index (χ4n) is 0.591. The van der Waals surface area contributed by atoms with Crippen LogP contribution in [0.5, 0.6) is 0 Å². The maximum atomic E-state index is 4.23. The Hall–Kier alpha value is -0.630. The number of aromatic nitrogens is 1. The molecule has 0 unspecified atom stereocenters. The van der Waals surface area contributed by atoms with Crippen LogP contribution in [0.3, 0.4) is 0 Å². The van der Waals surface area contributed by atoms with Crippen LogP contribution < -0.4 is 0 Å². The average molecular weight is 139 g/mol. The van der Waals surface area contributed by atoms with Crippen LogP contribution in [0.15, 0.2) is 11.5 Å². The monoisotopic (exact) mass is 139 g/mol. The quantitative estimate of drug-likeness (QED) is 0.582. The van der Waals surface area contributed by atoms with E-state index in [0.29, 0.717) is 0 Å². The zero-order valence-electron chi connectivity index (χ0n) is 5.59.